The van der Waals surface area contributed by atoms with Gasteiger partial charge in [0.2, 0.25) is 0 Å². The van der Waals surface area contributed by atoms with Crippen molar-refractivity contribution in [2.75, 3.05) is 11.9 Å². The van der Waals surface area contributed by atoms with Gasteiger partial charge in [0, 0.05) is 6.54 Å². The van der Waals surface area contributed by atoms with E-state index in [1.807, 2.05) is 0 Å². The molecule has 3 rings (SSSR count). The molecule has 9 heteroatoms. The Morgan fingerprint density at radius 2 is 2.28 bits per heavy atom. The molecule has 1 aromatic carbocycles. The van der Waals surface area contributed by atoms with Gasteiger partial charge >= 0.3 is 0 Å². The zero-order chi connectivity index (χ0) is 17.8. The minimum absolute atomic E-state index is 0.00434. The van der Waals surface area contributed by atoms with Gasteiger partial charge in [-0.15, -0.1) is 0 Å². The summed E-state index contributed by atoms with van der Waals surface area (Å²) in [5.74, 6) is 0.365. The first kappa shape index (κ1) is 16.4. The Balaban J connectivity index is 1.70. The van der Waals surface area contributed by atoms with Gasteiger partial charge < -0.3 is 20.6 Å². The molecule has 0 spiro atoms. The Hall–Kier alpha value is -3.49. The summed E-state index contributed by atoms with van der Waals surface area (Å²) in [6, 6.07) is 6.69. The average Bonchev–Trinajstić information content (AvgIpc) is 2.59. The van der Waals surface area contributed by atoms with Crippen molar-refractivity contribution < 1.29 is 19.5 Å². The van der Waals surface area contributed by atoms with Gasteiger partial charge in [-0.2, -0.15) is 0 Å². The largest absolute Gasteiger partial charge is 0.482 e. The summed E-state index contributed by atoms with van der Waals surface area (Å²) in [6.45, 7) is 1.88. The van der Waals surface area contributed by atoms with E-state index in [9.17, 15) is 9.59 Å². The summed E-state index contributed by atoms with van der Waals surface area (Å²) >= 11 is 0. The highest BCUT2D eigenvalue weighted by atomic mass is 16.5. The van der Waals surface area contributed by atoms with Gasteiger partial charge in [-0.25, -0.2) is 9.97 Å². The molecule has 0 unspecified atom stereocenters. The second kappa shape index (κ2) is 6.95. The molecule has 0 saturated heterocycles. The fourth-order valence-electron chi connectivity index (χ4n) is 2.35. The normalized spacial score (nSPS) is 13.1. The molecule has 0 bridgehead atoms. The van der Waals surface area contributed by atoms with E-state index in [0.29, 0.717) is 23.0 Å². The van der Waals surface area contributed by atoms with Crippen LogP contribution in [-0.4, -0.2) is 39.8 Å². The van der Waals surface area contributed by atoms with Crippen LogP contribution < -0.4 is 15.4 Å². The van der Waals surface area contributed by atoms with Crippen molar-refractivity contribution in [3.63, 3.8) is 0 Å². The summed E-state index contributed by atoms with van der Waals surface area (Å²) < 4.78 is 5.29. The number of benzene rings is 1. The molecule has 3 N–H and O–H groups in total. The molecule has 1 aromatic heterocycles. The number of aryl methyl sites for hydroxylation is 1. The zero-order valence-electron chi connectivity index (χ0n) is 13.3. The van der Waals surface area contributed by atoms with Gasteiger partial charge in [0.05, 0.1) is 17.6 Å². The number of carbonyl (C=O) groups is 2. The van der Waals surface area contributed by atoms with Gasteiger partial charge in [-0.1, -0.05) is 11.2 Å². The highest BCUT2D eigenvalue weighted by Gasteiger charge is 2.16. The molecule has 1 aliphatic heterocycles. The fraction of sp³-hybridized carbons (Fsp3) is 0.188. The SMILES string of the molecule is Cc1nc(/C=N/O)cc(C(=O)NCc2ccc3c(c2)NC(=O)CO3)n1. The van der Waals surface area contributed by atoms with E-state index in [4.69, 9.17) is 9.94 Å². The smallest absolute Gasteiger partial charge is 0.270 e. The van der Waals surface area contributed by atoms with Gasteiger partial charge in [0.15, 0.2) is 6.61 Å². The number of hydrogen-bond acceptors (Lipinski definition) is 7. The van der Waals surface area contributed by atoms with E-state index in [1.165, 1.54) is 6.07 Å². The number of hydrogen-bond donors (Lipinski definition) is 3. The van der Waals surface area contributed by atoms with Crippen molar-refractivity contribution in [2.45, 2.75) is 13.5 Å². The molecular formula is C16H15N5O4. The van der Waals surface area contributed by atoms with Crippen molar-refractivity contribution in [2.24, 2.45) is 5.16 Å². The molecule has 2 aromatic rings. The van der Waals surface area contributed by atoms with Gasteiger partial charge in [0.25, 0.3) is 11.8 Å². The Labute approximate surface area is 142 Å². The second-order valence-electron chi connectivity index (χ2n) is 5.32. The maximum Gasteiger partial charge on any atom is 0.270 e. The maximum atomic E-state index is 12.3. The molecule has 128 valence electrons. The standard InChI is InChI=1S/C16H15N5O4/c1-9-19-11(7-18-24)5-13(20-9)16(23)17-6-10-2-3-14-12(4-10)21-15(22)8-25-14/h2-5,7,24H,6,8H2,1H3,(H,17,23)(H,21,22)/b18-7+. The molecule has 2 heterocycles. The van der Waals surface area contributed by atoms with E-state index in [2.05, 4.69) is 25.8 Å². The van der Waals surface area contributed by atoms with Crippen molar-refractivity contribution in [3.8, 4) is 5.75 Å². The number of carbonyl (C=O) groups excluding carboxylic acids is 2. The molecule has 0 saturated carbocycles. The van der Waals surface area contributed by atoms with Crippen LogP contribution in [-0.2, 0) is 11.3 Å². The van der Waals surface area contributed by atoms with E-state index in [1.54, 1.807) is 25.1 Å². The Kier molecular flexibility index (Phi) is 4.55. The maximum absolute atomic E-state index is 12.3. The number of oxime groups is 1. The monoisotopic (exact) mass is 341 g/mol. The average molecular weight is 341 g/mol. The first-order valence-corrected chi connectivity index (χ1v) is 7.42. The van der Waals surface area contributed by atoms with Crippen molar-refractivity contribution >= 4 is 23.7 Å². The predicted octanol–water partition coefficient (Wildman–Crippen LogP) is 0.854. The summed E-state index contributed by atoms with van der Waals surface area (Å²) in [7, 11) is 0. The second-order valence-corrected chi connectivity index (χ2v) is 5.32. The number of ether oxygens (including phenoxy) is 1. The van der Waals surface area contributed by atoms with Gasteiger partial charge in [-0.3, -0.25) is 9.59 Å². The number of anilines is 1. The van der Waals surface area contributed by atoms with Crippen LogP contribution in [0.2, 0.25) is 0 Å². The third-order valence-electron chi connectivity index (χ3n) is 3.41. The Morgan fingerprint density at radius 1 is 1.44 bits per heavy atom. The van der Waals surface area contributed by atoms with Crippen LogP contribution in [0.1, 0.15) is 27.6 Å². The van der Waals surface area contributed by atoms with E-state index < -0.39 is 5.91 Å². The van der Waals surface area contributed by atoms with E-state index in [0.717, 1.165) is 11.8 Å². The number of nitrogens with zero attached hydrogens (tertiary/aromatic N) is 3. The minimum Gasteiger partial charge on any atom is -0.482 e. The summed E-state index contributed by atoms with van der Waals surface area (Å²) in [6.07, 6.45) is 1.12. The summed E-state index contributed by atoms with van der Waals surface area (Å²) in [5.41, 5.74) is 1.86. The molecule has 0 fully saturated rings. The molecule has 0 atom stereocenters. The van der Waals surface area contributed by atoms with Crippen LogP contribution >= 0.6 is 0 Å². The van der Waals surface area contributed by atoms with Crippen LogP contribution in [0.25, 0.3) is 0 Å². The Bertz CT molecular complexity index is 866. The lowest BCUT2D eigenvalue weighted by atomic mass is 10.1. The number of aromatic nitrogens is 2. The van der Waals surface area contributed by atoms with Crippen LogP contribution in [0, 0.1) is 6.92 Å². The third kappa shape index (κ3) is 3.89. The molecule has 0 radical (unpaired) electrons. The fourth-order valence-corrected chi connectivity index (χ4v) is 2.35. The lowest BCUT2D eigenvalue weighted by Gasteiger charge is -2.18. The highest BCUT2D eigenvalue weighted by Crippen LogP contribution is 2.28. The van der Waals surface area contributed by atoms with Gasteiger partial charge in [-0.05, 0) is 30.7 Å². The first-order chi connectivity index (χ1) is 12.0. The molecule has 0 aliphatic carbocycles. The lowest BCUT2D eigenvalue weighted by molar-refractivity contribution is -0.118. The molecule has 9 nitrogen and oxygen atoms in total. The van der Waals surface area contributed by atoms with Crippen molar-refractivity contribution in [1.82, 2.24) is 15.3 Å². The topological polar surface area (TPSA) is 126 Å². The van der Waals surface area contributed by atoms with Crippen LogP contribution in [0.3, 0.4) is 0 Å². The summed E-state index contributed by atoms with van der Waals surface area (Å²) in [5, 5.41) is 16.9. The number of nitrogens with one attached hydrogen (secondary N) is 2. The lowest BCUT2D eigenvalue weighted by Crippen LogP contribution is -2.26. The Morgan fingerprint density at radius 3 is 3.08 bits per heavy atom. The van der Waals surface area contributed by atoms with Crippen LogP contribution in [0.4, 0.5) is 5.69 Å². The first-order valence-electron chi connectivity index (χ1n) is 7.42. The van der Waals surface area contributed by atoms with Crippen molar-refractivity contribution in [3.05, 3.63) is 47.0 Å². The van der Waals surface area contributed by atoms with Crippen LogP contribution in [0.5, 0.6) is 5.75 Å². The highest BCUT2D eigenvalue weighted by molar-refractivity contribution is 5.95. The van der Waals surface area contributed by atoms with E-state index in [-0.39, 0.29) is 24.8 Å². The quantitative estimate of drug-likeness (QED) is 0.430. The van der Waals surface area contributed by atoms with E-state index >= 15 is 0 Å². The predicted molar refractivity (Wildman–Crippen MR) is 87.9 cm³/mol. The number of fused-ring (bicyclic) bond motifs is 1. The number of amides is 2. The molecule has 1 aliphatic rings. The number of rotatable bonds is 4. The molecule has 2 amide bonds. The minimum atomic E-state index is -0.393. The van der Waals surface area contributed by atoms with Crippen molar-refractivity contribution in [1.29, 1.82) is 0 Å². The van der Waals surface area contributed by atoms with Gasteiger partial charge in [0.1, 0.15) is 17.3 Å². The summed E-state index contributed by atoms with van der Waals surface area (Å²) in [4.78, 5) is 31.7. The zero-order valence-corrected chi connectivity index (χ0v) is 13.3. The molecular weight excluding hydrogens is 326 g/mol. The molecule has 25 heavy (non-hydrogen) atoms. The van der Waals surface area contributed by atoms with Crippen LogP contribution in [0.15, 0.2) is 29.4 Å². The third-order valence-corrected chi connectivity index (χ3v) is 3.41.